The lowest BCUT2D eigenvalue weighted by Crippen LogP contribution is -2.38. The molecule has 5 heteroatoms. The summed E-state index contributed by atoms with van der Waals surface area (Å²) in [6.45, 7) is 4.30. The molecule has 0 saturated carbocycles. The monoisotopic (exact) mass is 219 g/mol. The summed E-state index contributed by atoms with van der Waals surface area (Å²) in [5, 5.41) is 3.06. The lowest BCUT2D eigenvalue weighted by molar-refractivity contribution is -0.143. The number of ether oxygens (including phenoxy) is 3. The normalized spacial score (nSPS) is 12.5. The summed E-state index contributed by atoms with van der Waals surface area (Å²) in [6, 6.07) is -0.235. The summed E-state index contributed by atoms with van der Waals surface area (Å²) in [7, 11) is 3.02. The fourth-order valence-corrected chi connectivity index (χ4v) is 1.09. The van der Waals surface area contributed by atoms with Crippen molar-refractivity contribution in [1.82, 2.24) is 5.32 Å². The van der Waals surface area contributed by atoms with Gasteiger partial charge >= 0.3 is 5.97 Å². The van der Waals surface area contributed by atoms with E-state index in [2.05, 4.69) is 10.1 Å². The third-order valence-corrected chi connectivity index (χ3v) is 1.96. The second-order valence-electron chi connectivity index (χ2n) is 3.04. The van der Waals surface area contributed by atoms with E-state index >= 15 is 0 Å². The maximum atomic E-state index is 11.2. The first-order valence-electron chi connectivity index (χ1n) is 5.14. The van der Waals surface area contributed by atoms with E-state index in [0.29, 0.717) is 32.8 Å². The van der Waals surface area contributed by atoms with Crippen molar-refractivity contribution in [2.24, 2.45) is 0 Å². The smallest absolute Gasteiger partial charge is 0.322 e. The molecular weight excluding hydrogens is 198 g/mol. The molecule has 0 aliphatic heterocycles. The molecule has 0 rings (SSSR count). The standard InChI is InChI=1S/C10H21NO4/c1-4-9(10(12)14-3)11-5-6-15-8-7-13-2/h9,11H,4-8H2,1-3H3. The molecule has 0 amide bonds. The van der Waals surface area contributed by atoms with Crippen molar-refractivity contribution < 1.29 is 19.0 Å². The second kappa shape index (κ2) is 9.89. The van der Waals surface area contributed by atoms with Crippen LogP contribution in [0.2, 0.25) is 0 Å². The number of esters is 1. The molecular formula is C10H21NO4. The highest BCUT2D eigenvalue weighted by Crippen LogP contribution is 1.93. The maximum absolute atomic E-state index is 11.2. The molecule has 0 radical (unpaired) electrons. The molecule has 0 aliphatic rings. The van der Waals surface area contributed by atoms with Gasteiger partial charge in [-0.3, -0.25) is 4.79 Å². The summed E-state index contributed by atoms with van der Waals surface area (Å²) < 4.78 is 14.7. The zero-order chi connectivity index (χ0) is 11.5. The van der Waals surface area contributed by atoms with Crippen LogP contribution in [0.25, 0.3) is 0 Å². The number of carbonyl (C=O) groups is 1. The minimum atomic E-state index is -0.235. The fourth-order valence-electron chi connectivity index (χ4n) is 1.09. The molecule has 0 heterocycles. The second-order valence-corrected chi connectivity index (χ2v) is 3.04. The molecule has 1 atom stereocenters. The van der Waals surface area contributed by atoms with E-state index in [4.69, 9.17) is 9.47 Å². The van der Waals surface area contributed by atoms with Crippen LogP contribution in [0.3, 0.4) is 0 Å². The minimum absolute atomic E-state index is 0.227. The number of carbonyl (C=O) groups excluding carboxylic acids is 1. The molecule has 0 aromatic rings. The van der Waals surface area contributed by atoms with Crippen LogP contribution in [-0.2, 0) is 19.0 Å². The van der Waals surface area contributed by atoms with E-state index in [1.807, 2.05) is 6.92 Å². The van der Waals surface area contributed by atoms with Crippen LogP contribution in [0, 0.1) is 0 Å². The lowest BCUT2D eigenvalue weighted by Gasteiger charge is -2.14. The van der Waals surface area contributed by atoms with Crippen LogP contribution >= 0.6 is 0 Å². The van der Waals surface area contributed by atoms with Crippen LogP contribution in [0.15, 0.2) is 0 Å². The van der Waals surface area contributed by atoms with Gasteiger partial charge in [0, 0.05) is 13.7 Å². The zero-order valence-electron chi connectivity index (χ0n) is 9.75. The molecule has 1 N–H and O–H groups in total. The predicted octanol–water partition coefficient (Wildman–Crippen LogP) is 0.191. The van der Waals surface area contributed by atoms with Crippen LogP contribution < -0.4 is 5.32 Å². The van der Waals surface area contributed by atoms with Crippen LogP contribution in [0.5, 0.6) is 0 Å². The summed E-state index contributed by atoms with van der Waals surface area (Å²) >= 11 is 0. The number of methoxy groups -OCH3 is 2. The summed E-state index contributed by atoms with van der Waals surface area (Å²) in [5.74, 6) is -0.227. The number of nitrogens with one attached hydrogen (secondary N) is 1. The van der Waals surface area contributed by atoms with Crippen molar-refractivity contribution in [1.29, 1.82) is 0 Å². The minimum Gasteiger partial charge on any atom is -0.468 e. The molecule has 15 heavy (non-hydrogen) atoms. The van der Waals surface area contributed by atoms with Gasteiger partial charge in [-0.2, -0.15) is 0 Å². The van der Waals surface area contributed by atoms with Gasteiger partial charge in [0.05, 0.1) is 26.9 Å². The van der Waals surface area contributed by atoms with E-state index in [1.54, 1.807) is 7.11 Å². The highest BCUT2D eigenvalue weighted by molar-refractivity contribution is 5.75. The quantitative estimate of drug-likeness (QED) is 0.443. The van der Waals surface area contributed by atoms with E-state index < -0.39 is 0 Å². The zero-order valence-corrected chi connectivity index (χ0v) is 9.75. The lowest BCUT2D eigenvalue weighted by atomic mass is 10.2. The molecule has 0 aliphatic carbocycles. The van der Waals surface area contributed by atoms with Gasteiger partial charge in [-0.25, -0.2) is 0 Å². The van der Waals surface area contributed by atoms with E-state index in [0.717, 1.165) is 0 Å². The molecule has 0 aromatic heterocycles. The summed E-state index contributed by atoms with van der Waals surface area (Å²) in [4.78, 5) is 11.2. The Kier molecular flexibility index (Phi) is 9.46. The van der Waals surface area contributed by atoms with Gasteiger partial charge in [0.15, 0.2) is 0 Å². The molecule has 0 saturated heterocycles. The van der Waals surface area contributed by atoms with Gasteiger partial charge in [0.1, 0.15) is 6.04 Å². The number of hydrogen-bond donors (Lipinski definition) is 1. The molecule has 1 unspecified atom stereocenters. The average molecular weight is 219 g/mol. The van der Waals surface area contributed by atoms with Gasteiger partial charge < -0.3 is 19.5 Å². The number of rotatable bonds is 9. The van der Waals surface area contributed by atoms with Crippen LogP contribution in [-0.4, -0.2) is 52.6 Å². The Morgan fingerprint density at radius 2 is 2.00 bits per heavy atom. The molecule has 0 spiro atoms. The third kappa shape index (κ3) is 7.30. The van der Waals surface area contributed by atoms with Crippen LogP contribution in [0.4, 0.5) is 0 Å². The van der Waals surface area contributed by atoms with Crippen molar-refractivity contribution in [3.63, 3.8) is 0 Å². The van der Waals surface area contributed by atoms with Gasteiger partial charge in [-0.1, -0.05) is 6.92 Å². The summed E-state index contributed by atoms with van der Waals surface area (Å²) in [5.41, 5.74) is 0. The van der Waals surface area contributed by atoms with E-state index in [-0.39, 0.29) is 12.0 Å². The Morgan fingerprint density at radius 1 is 1.27 bits per heavy atom. The van der Waals surface area contributed by atoms with Crippen LogP contribution in [0.1, 0.15) is 13.3 Å². The molecule has 5 nitrogen and oxygen atoms in total. The van der Waals surface area contributed by atoms with Gasteiger partial charge in [0.2, 0.25) is 0 Å². The van der Waals surface area contributed by atoms with Crippen molar-refractivity contribution in [3.05, 3.63) is 0 Å². The first-order chi connectivity index (χ1) is 7.26. The van der Waals surface area contributed by atoms with Crippen molar-refractivity contribution in [2.45, 2.75) is 19.4 Å². The average Bonchev–Trinajstić information content (AvgIpc) is 2.27. The Bertz CT molecular complexity index is 164. The van der Waals surface area contributed by atoms with Gasteiger partial charge in [0.25, 0.3) is 0 Å². The van der Waals surface area contributed by atoms with Gasteiger partial charge in [-0.05, 0) is 6.42 Å². The third-order valence-electron chi connectivity index (χ3n) is 1.96. The van der Waals surface area contributed by atoms with Crippen molar-refractivity contribution >= 4 is 5.97 Å². The van der Waals surface area contributed by atoms with Crippen molar-refractivity contribution in [3.8, 4) is 0 Å². The Morgan fingerprint density at radius 3 is 2.53 bits per heavy atom. The largest absolute Gasteiger partial charge is 0.468 e. The highest BCUT2D eigenvalue weighted by Gasteiger charge is 2.14. The Labute approximate surface area is 91.1 Å². The first-order valence-corrected chi connectivity index (χ1v) is 5.14. The predicted molar refractivity (Wildman–Crippen MR) is 56.8 cm³/mol. The fraction of sp³-hybridized carbons (Fsp3) is 0.900. The molecule has 0 aromatic carbocycles. The highest BCUT2D eigenvalue weighted by atomic mass is 16.5. The molecule has 0 bridgehead atoms. The first kappa shape index (κ1) is 14.3. The summed E-state index contributed by atoms with van der Waals surface area (Å²) in [6.07, 6.45) is 0.713. The topological polar surface area (TPSA) is 56.8 Å². The number of hydrogen-bond acceptors (Lipinski definition) is 5. The van der Waals surface area contributed by atoms with E-state index in [1.165, 1.54) is 7.11 Å². The maximum Gasteiger partial charge on any atom is 0.322 e. The molecule has 90 valence electrons. The van der Waals surface area contributed by atoms with Gasteiger partial charge in [-0.15, -0.1) is 0 Å². The van der Waals surface area contributed by atoms with Crippen molar-refractivity contribution in [2.75, 3.05) is 40.6 Å². The molecule has 0 fully saturated rings. The Balaban J connectivity index is 3.42. The van der Waals surface area contributed by atoms with E-state index in [9.17, 15) is 4.79 Å². The SMILES string of the molecule is CCC(NCCOCCOC)C(=O)OC. The Hall–Kier alpha value is -0.650.